The molecule has 1 aliphatic heterocycles. The molecule has 2 heterocycles. The molecular formula is C29H32N4O3S. The van der Waals surface area contributed by atoms with Gasteiger partial charge >= 0.3 is 0 Å². The number of ether oxygens (including phenoxy) is 1. The van der Waals surface area contributed by atoms with Crippen molar-refractivity contribution in [1.82, 2.24) is 14.2 Å². The first-order valence-corrected chi connectivity index (χ1v) is 14.0. The zero-order chi connectivity index (χ0) is 25.8. The lowest BCUT2D eigenvalue weighted by atomic mass is 10.1. The monoisotopic (exact) mass is 516 g/mol. The molecule has 0 saturated carbocycles. The molecule has 1 aromatic heterocycles. The summed E-state index contributed by atoms with van der Waals surface area (Å²) in [5.74, 6) is 0.791. The van der Waals surface area contributed by atoms with Crippen molar-refractivity contribution in [2.24, 2.45) is 0 Å². The van der Waals surface area contributed by atoms with Gasteiger partial charge in [0, 0.05) is 54.7 Å². The average molecular weight is 517 g/mol. The summed E-state index contributed by atoms with van der Waals surface area (Å²) in [5.41, 5.74) is 3.88. The molecule has 5 rings (SSSR count). The van der Waals surface area contributed by atoms with E-state index in [9.17, 15) is 8.42 Å². The first kappa shape index (κ1) is 25.2. The Balaban J connectivity index is 1.16. The maximum atomic E-state index is 13.0. The van der Waals surface area contributed by atoms with Crippen molar-refractivity contribution in [2.75, 3.05) is 38.6 Å². The van der Waals surface area contributed by atoms with E-state index in [1.165, 1.54) is 4.31 Å². The van der Waals surface area contributed by atoms with E-state index in [1.807, 2.05) is 55.5 Å². The Morgan fingerprint density at radius 2 is 1.81 bits per heavy atom. The number of benzene rings is 3. The van der Waals surface area contributed by atoms with E-state index >= 15 is 0 Å². The minimum absolute atomic E-state index is 0.0450. The van der Waals surface area contributed by atoms with Crippen molar-refractivity contribution in [2.45, 2.75) is 24.3 Å². The Morgan fingerprint density at radius 1 is 1.03 bits per heavy atom. The topological polar surface area (TPSA) is 74.8 Å². The molecule has 0 amide bonds. The average Bonchev–Trinajstić information content (AvgIpc) is 3.37. The number of nitrogens with one attached hydrogen (secondary N) is 1. The van der Waals surface area contributed by atoms with Gasteiger partial charge in [0.2, 0.25) is 10.0 Å². The molecule has 0 bridgehead atoms. The van der Waals surface area contributed by atoms with Gasteiger partial charge in [-0.2, -0.15) is 4.31 Å². The highest BCUT2D eigenvalue weighted by molar-refractivity contribution is 7.89. The van der Waals surface area contributed by atoms with Crippen molar-refractivity contribution in [1.29, 1.82) is 0 Å². The van der Waals surface area contributed by atoms with Crippen molar-refractivity contribution >= 4 is 32.3 Å². The van der Waals surface area contributed by atoms with E-state index in [2.05, 4.69) is 27.3 Å². The molecule has 0 aliphatic carbocycles. The number of hydrogen-bond donors (Lipinski definition) is 1. The van der Waals surface area contributed by atoms with Gasteiger partial charge in [0.05, 0.1) is 10.4 Å². The molecular weight excluding hydrogens is 484 g/mol. The van der Waals surface area contributed by atoms with Gasteiger partial charge in [-0.25, -0.2) is 8.42 Å². The van der Waals surface area contributed by atoms with Crippen LogP contribution < -0.4 is 10.1 Å². The number of likely N-dealkylation sites (N-methyl/N-ethyl adjacent to an activating group) is 1. The first-order valence-electron chi connectivity index (χ1n) is 12.5. The third-order valence-electron chi connectivity index (χ3n) is 6.82. The molecule has 0 radical (unpaired) electrons. The lowest BCUT2D eigenvalue weighted by molar-refractivity contribution is 0.229. The molecule has 0 spiro atoms. The molecule has 1 saturated heterocycles. The van der Waals surface area contributed by atoms with E-state index in [0.29, 0.717) is 18.0 Å². The number of likely N-dealkylation sites (tertiary alicyclic amines) is 1. The number of fused-ring (bicyclic) bond motifs is 1. The van der Waals surface area contributed by atoms with Crippen LogP contribution in [-0.4, -0.2) is 61.9 Å². The van der Waals surface area contributed by atoms with Crippen LogP contribution in [0.2, 0.25) is 0 Å². The molecule has 1 atom stereocenters. The van der Waals surface area contributed by atoms with E-state index in [-0.39, 0.29) is 6.04 Å². The minimum Gasteiger partial charge on any atom is -0.492 e. The fourth-order valence-corrected chi connectivity index (χ4v) is 6.19. The van der Waals surface area contributed by atoms with E-state index in [1.54, 1.807) is 31.3 Å². The number of hydrogen-bond acceptors (Lipinski definition) is 6. The van der Waals surface area contributed by atoms with Crippen LogP contribution in [0, 0.1) is 6.92 Å². The summed E-state index contributed by atoms with van der Waals surface area (Å²) in [7, 11) is -1.81. The van der Waals surface area contributed by atoms with Crippen LogP contribution >= 0.6 is 0 Å². The Labute approximate surface area is 218 Å². The Morgan fingerprint density at radius 3 is 2.65 bits per heavy atom. The molecule has 8 heteroatoms. The fraction of sp³-hybridized carbons (Fsp3) is 0.276. The number of anilines is 2. The number of pyridine rings is 1. The normalized spacial score (nSPS) is 16.4. The van der Waals surface area contributed by atoms with Gasteiger partial charge in [-0.05, 0) is 56.3 Å². The highest BCUT2D eigenvalue weighted by atomic mass is 32.2. The van der Waals surface area contributed by atoms with Crippen LogP contribution in [0.1, 0.15) is 12.1 Å². The van der Waals surface area contributed by atoms with E-state index in [4.69, 9.17) is 4.74 Å². The van der Waals surface area contributed by atoms with E-state index < -0.39 is 10.0 Å². The maximum Gasteiger partial charge on any atom is 0.243 e. The van der Waals surface area contributed by atoms with Gasteiger partial charge in [0.1, 0.15) is 12.4 Å². The van der Waals surface area contributed by atoms with Crippen molar-refractivity contribution in [3.05, 3.63) is 90.6 Å². The van der Waals surface area contributed by atoms with Gasteiger partial charge in [0.15, 0.2) is 0 Å². The largest absolute Gasteiger partial charge is 0.492 e. The first-order chi connectivity index (χ1) is 17.9. The Bertz CT molecular complexity index is 1480. The second-order valence-electron chi connectivity index (χ2n) is 9.41. The molecule has 192 valence electrons. The van der Waals surface area contributed by atoms with Gasteiger partial charge in [0.25, 0.3) is 0 Å². The molecule has 1 fully saturated rings. The molecule has 1 N–H and O–H groups in total. The van der Waals surface area contributed by atoms with Gasteiger partial charge < -0.3 is 10.1 Å². The minimum atomic E-state index is -3.49. The van der Waals surface area contributed by atoms with Crippen molar-refractivity contribution in [3.63, 3.8) is 0 Å². The smallest absolute Gasteiger partial charge is 0.243 e. The van der Waals surface area contributed by atoms with Crippen LogP contribution in [0.5, 0.6) is 5.75 Å². The highest BCUT2D eigenvalue weighted by Crippen LogP contribution is 2.28. The summed E-state index contributed by atoms with van der Waals surface area (Å²) >= 11 is 0. The Hall–Kier alpha value is -3.46. The third-order valence-corrected chi connectivity index (χ3v) is 8.74. The predicted octanol–water partition coefficient (Wildman–Crippen LogP) is 5.06. The summed E-state index contributed by atoms with van der Waals surface area (Å²) in [6, 6.07) is 26.7. The van der Waals surface area contributed by atoms with Crippen molar-refractivity contribution in [3.8, 4) is 5.75 Å². The number of para-hydroxylation sites is 1. The van der Waals surface area contributed by atoms with Crippen LogP contribution in [0.25, 0.3) is 10.9 Å². The number of nitrogens with zero attached hydrogens (tertiary/aromatic N) is 3. The number of rotatable bonds is 9. The summed E-state index contributed by atoms with van der Waals surface area (Å²) in [4.78, 5) is 7.21. The standard InChI is InChI=1S/C29H32N4O3S/c1-22-19-29(27-13-6-7-14-28(27)30-22)31-23-9-8-10-25(20-23)36-18-17-33-16-15-24(21-33)32(2)37(34,35)26-11-4-3-5-12-26/h3-14,19-20,24H,15-18,21H2,1-2H3,(H,30,31). The second-order valence-corrected chi connectivity index (χ2v) is 11.4. The zero-order valence-corrected chi connectivity index (χ0v) is 22.0. The van der Waals surface area contributed by atoms with Crippen molar-refractivity contribution < 1.29 is 13.2 Å². The second kappa shape index (κ2) is 10.9. The molecule has 1 aliphatic rings. The summed E-state index contributed by atoms with van der Waals surface area (Å²) in [6.45, 7) is 4.81. The van der Waals surface area contributed by atoms with Gasteiger partial charge in [-0.1, -0.05) is 42.5 Å². The number of aromatic nitrogens is 1. The summed E-state index contributed by atoms with van der Waals surface area (Å²) in [6.07, 6.45) is 0.807. The third kappa shape index (κ3) is 5.77. The maximum absolute atomic E-state index is 13.0. The van der Waals surface area contributed by atoms with Crippen LogP contribution in [0.3, 0.4) is 0 Å². The number of aryl methyl sites for hydroxylation is 1. The molecule has 4 aromatic rings. The lowest BCUT2D eigenvalue weighted by Gasteiger charge is -2.24. The summed E-state index contributed by atoms with van der Waals surface area (Å²) in [5, 5.41) is 4.58. The fourth-order valence-electron chi connectivity index (χ4n) is 4.79. The summed E-state index contributed by atoms with van der Waals surface area (Å²) < 4.78 is 33.5. The van der Waals surface area contributed by atoms with Crippen LogP contribution in [-0.2, 0) is 10.0 Å². The predicted molar refractivity (Wildman–Crippen MR) is 148 cm³/mol. The van der Waals surface area contributed by atoms with Crippen LogP contribution in [0.15, 0.2) is 89.8 Å². The quantitative estimate of drug-likeness (QED) is 0.335. The zero-order valence-electron chi connectivity index (χ0n) is 21.2. The highest BCUT2D eigenvalue weighted by Gasteiger charge is 2.32. The molecule has 1 unspecified atom stereocenters. The lowest BCUT2D eigenvalue weighted by Crippen LogP contribution is -2.39. The van der Waals surface area contributed by atoms with Gasteiger partial charge in [-0.3, -0.25) is 9.88 Å². The molecule has 37 heavy (non-hydrogen) atoms. The van der Waals surface area contributed by atoms with Crippen LogP contribution in [0.4, 0.5) is 11.4 Å². The molecule has 7 nitrogen and oxygen atoms in total. The SMILES string of the molecule is Cc1cc(Nc2cccc(OCCN3CCC(N(C)S(=O)(=O)c4ccccc4)C3)c2)c2ccccc2n1. The Kier molecular flexibility index (Phi) is 7.41. The molecule has 3 aromatic carbocycles. The number of sulfonamides is 1. The van der Waals surface area contributed by atoms with E-state index in [0.717, 1.165) is 53.2 Å². The van der Waals surface area contributed by atoms with Gasteiger partial charge in [-0.15, -0.1) is 0 Å².